The minimum absolute atomic E-state index is 0.106. The number of anilines is 1. The number of likely N-dealkylation sites (tertiary alicyclic amines) is 1. The first-order valence-corrected chi connectivity index (χ1v) is 8.65. The van der Waals surface area contributed by atoms with Crippen LogP contribution >= 0.6 is 11.6 Å². The molecule has 2 amide bonds. The van der Waals surface area contributed by atoms with Gasteiger partial charge in [-0.25, -0.2) is 0 Å². The Bertz CT molecular complexity index is 584. The molecule has 0 aliphatic carbocycles. The summed E-state index contributed by atoms with van der Waals surface area (Å²) in [6.07, 6.45) is -0.158. The van der Waals surface area contributed by atoms with Crippen molar-refractivity contribution in [1.82, 2.24) is 9.80 Å². The van der Waals surface area contributed by atoms with Gasteiger partial charge in [-0.1, -0.05) is 11.6 Å². The van der Waals surface area contributed by atoms with E-state index < -0.39 is 6.10 Å². The van der Waals surface area contributed by atoms with Crippen molar-refractivity contribution in [2.45, 2.75) is 18.9 Å². The highest BCUT2D eigenvalue weighted by Gasteiger charge is 2.31. The van der Waals surface area contributed by atoms with Gasteiger partial charge in [-0.3, -0.25) is 19.4 Å². The molecule has 1 aromatic rings. The monoisotopic (exact) mass is 351 g/mol. The first-order valence-electron chi connectivity index (χ1n) is 8.27. The second-order valence-electron chi connectivity index (χ2n) is 6.32. The van der Waals surface area contributed by atoms with Crippen LogP contribution in [0.5, 0.6) is 0 Å². The molecule has 0 saturated carbocycles. The molecule has 24 heavy (non-hydrogen) atoms. The van der Waals surface area contributed by atoms with Crippen LogP contribution in [-0.2, 0) is 9.59 Å². The van der Waals surface area contributed by atoms with Crippen LogP contribution in [0, 0.1) is 0 Å². The van der Waals surface area contributed by atoms with E-state index in [0.717, 1.165) is 36.9 Å². The van der Waals surface area contributed by atoms with E-state index in [0.29, 0.717) is 6.54 Å². The van der Waals surface area contributed by atoms with Gasteiger partial charge in [-0.15, -0.1) is 0 Å². The molecule has 2 saturated heterocycles. The Hall–Kier alpha value is -1.63. The summed E-state index contributed by atoms with van der Waals surface area (Å²) < 4.78 is 0. The summed E-state index contributed by atoms with van der Waals surface area (Å²) in [7, 11) is 0. The number of β-amino-alcohol motifs (C(OH)–C–C–N with tert-alkyl or cyclic N) is 1. The molecule has 1 N–H and O–H groups in total. The van der Waals surface area contributed by atoms with Crippen molar-refractivity contribution in [2.75, 3.05) is 44.2 Å². The maximum atomic E-state index is 11.6. The number of piperazine rings is 1. The van der Waals surface area contributed by atoms with Crippen LogP contribution in [-0.4, -0.2) is 72.1 Å². The molecule has 2 aliphatic heterocycles. The van der Waals surface area contributed by atoms with Gasteiger partial charge in [0.15, 0.2) is 0 Å². The van der Waals surface area contributed by atoms with E-state index in [9.17, 15) is 14.7 Å². The Balaban J connectivity index is 1.45. The normalized spacial score (nSPS) is 20.8. The van der Waals surface area contributed by atoms with Gasteiger partial charge < -0.3 is 10.0 Å². The lowest BCUT2D eigenvalue weighted by Crippen LogP contribution is -2.50. The molecule has 2 aliphatic rings. The van der Waals surface area contributed by atoms with Crippen LogP contribution in [0.15, 0.2) is 24.3 Å². The zero-order valence-electron chi connectivity index (χ0n) is 13.5. The summed E-state index contributed by atoms with van der Waals surface area (Å²) in [5, 5.41) is 10.9. The van der Waals surface area contributed by atoms with Crippen molar-refractivity contribution < 1.29 is 14.7 Å². The van der Waals surface area contributed by atoms with Crippen molar-refractivity contribution >= 4 is 29.1 Å². The van der Waals surface area contributed by atoms with E-state index in [-0.39, 0.29) is 31.2 Å². The number of imide groups is 1. The molecular formula is C17H22ClN3O3. The van der Waals surface area contributed by atoms with Gasteiger partial charge in [0.25, 0.3) is 0 Å². The van der Waals surface area contributed by atoms with Crippen LogP contribution in [0.2, 0.25) is 5.02 Å². The highest BCUT2D eigenvalue weighted by Crippen LogP contribution is 2.19. The molecule has 1 unspecified atom stereocenters. The number of hydrogen-bond donors (Lipinski definition) is 1. The smallest absolute Gasteiger partial charge is 0.229 e. The fourth-order valence-electron chi connectivity index (χ4n) is 3.23. The average molecular weight is 352 g/mol. The van der Waals surface area contributed by atoms with E-state index in [1.54, 1.807) is 0 Å². The minimum Gasteiger partial charge on any atom is -0.390 e. The molecule has 0 bridgehead atoms. The number of carbonyl (C=O) groups excluding carboxylic acids is 2. The SMILES string of the molecule is O=C1CCC(=O)N1CC(O)CN1CCN(c2ccc(Cl)cc2)CC1. The molecule has 2 fully saturated rings. The standard InChI is InChI=1S/C17H22ClN3O3/c18-13-1-3-14(4-2-13)20-9-7-19(8-10-20)11-15(22)12-21-16(23)5-6-17(21)24/h1-4,15,22H,5-12H2. The van der Waals surface area contributed by atoms with Crippen LogP contribution in [0.1, 0.15) is 12.8 Å². The Morgan fingerprint density at radius 3 is 2.12 bits per heavy atom. The molecule has 1 aromatic carbocycles. The fourth-order valence-corrected chi connectivity index (χ4v) is 3.36. The second kappa shape index (κ2) is 7.51. The van der Waals surface area contributed by atoms with Gasteiger partial charge in [0.1, 0.15) is 0 Å². The topological polar surface area (TPSA) is 64.1 Å². The van der Waals surface area contributed by atoms with Gasteiger partial charge in [0.2, 0.25) is 11.8 Å². The average Bonchev–Trinajstić information content (AvgIpc) is 2.88. The highest BCUT2D eigenvalue weighted by atomic mass is 35.5. The summed E-state index contributed by atoms with van der Waals surface area (Å²) >= 11 is 5.91. The maximum absolute atomic E-state index is 11.6. The fraction of sp³-hybridized carbons (Fsp3) is 0.529. The lowest BCUT2D eigenvalue weighted by Gasteiger charge is -2.37. The summed E-state index contributed by atoms with van der Waals surface area (Å²) in [6.45, 7) is 4.00. The molecule has 0 spiro atoms. The van der Waals surface area contributed by atoms with Crippen LogP contribution in [0.3, 0.4) is 0 Å². The molecule has 0 aromatic heterocycles. The lowest BCUT2D eigenvalue weighted by molar-refractivity contribution is -0.140. The zero-order valence-corrected chi connectivity index (χ0v) is 14.3. The number of hydrogen-bond acceptors (Lipinski definition) is 5. The minimum atomic E-state index is -0.696. The van der Waals surface area contributed by atoms with Gasteiger partial charge >= 0.3 is 0 Å². The van der Waals surface area contributed by atoms with Gasteiger partial charge in [-0.2, -0.15) is 0 Å². The summed E-state index contributed by atoms with van der Waals surface area (Å²) in [5.74, 6) is -0.349. The number of halogens is 1. The molecule has 130 valence electrons. The maximum Gasteiger partial charge on any atom is 0.229 e. The van der Waals surface area contributed by atoms with Gasteiger partial charge in [0, 0.05) is 56.3 Å². The second-order valence-corrected chi connectivity index (χ2v) is 6.75. The summed E-state index contributed by atoms with van der Waals surface area (Å²) in [6, 6.07) is 7.79. The van der Waals surface area contributed by atoms with Crippen LogP contribution in [0.4, 0.5) is 5.69 Å². The van der Waals surface area contributed by atoms with Crippen molar-refractivity contribution in [3.05, 3.63) is 29.3 Å². The van der Waals surface area contributed by atoms with Crippen molar-refractivity contribution in [3.63, 3.8) is 0 Å². The Labute approximate surface area is 146 Å². The third-order valence-corrected chi connectivity index (χ3v) is 4.83. The molecule has 1 atom stereocenters. The number of aliphatic hydroxyl groups is 1. The number of aliphatic hydroxyl groups excluding tert-OH is 1. The first-order chi connectivity index (χ1) is 11.5. The molecule has 7 heteroatoms. The van der Waals surface area contributed by atoms with Crippen LogP contribution < -0.4 is 4.90 Å². The largest absolute Gasteiger partial charge is 0.390 e. The lowest BCUT2D eigenvalue weighted by atomic mass is 10.2. The highest BCUT2D eigenvalue weighted by molar-refractivity contribution is 6.30. The molecular weight excluding hydrogens is 330 g/mol. The van der Waals surface area contributed by atoms with E-state index in [1.807, 2.05) is 24.3 Å². The Kier molecular flexibility index (Phi) is 5.38. The quantitative estimate of drug-likeness (QED) is 0.801. The zero-order chi connectivity index (χ0) is 17.1. The number of benzene rings is 1. The van der Waals surface area contributed by atoms with Crippen molar-refractivity contribution in [1.29, 1.82) is 0 Å². The van der Waals surface area contributed by atoms with Gasteiger partial charge in [0.05, 0.1) is 12.6 Å². The number of amides is 2. The summed E-state index contributed by atoms with van der Waals surface area (Å²) in [4.78, 5) is 28.8. The third-order valence-electron chi connectivity index (χ3n) is 4.58. The first kappa shape index (κ1) is 17.2. The Morgan fingerprint density at radius 2 is 1.54 bits per heavy atom. The van der Waals surface area contributed by atoms with Gasteiger partial charge in [-0.05, 0) is 24.3 Å². The molecule has 2 heterocycles. The van der Waals surface area contributed by atoms with Crippen molar-refractivity contribution in [2.24, 2.45) is 0 Å². The summed E-state index contributed by atoms with van der Waals surface area (Å²) in [5.41, 5.74) is 1.15. The number of nitrogens with zero attached hydrogens (tertiary/aromatic N) is 3. The Morgan fingerprint density at radius 1 is 0.958 bits per heavy atom. The van der Waals surface area contributed by atoms with E-state index in [1.165, 1.54) is 4.90 Å². The third kappa shape index (κ3) is 4.06. The predicted octanol–water partition coefficient (Wildman–Crippen LogP) is 0.972. The number of carbonyl (C=O) groups is 2. The van der Waals surface area contributed by atoms with Crippen LogP contribution in [0.25, 0.3) is 0 Å². The molecule has 6 nitrogen and oxygen atoms in total. The van der Waals surface area contributed by atoms with E-state index >= 15 is 0 Å². The van der Waals surface area contributed by atoms with Crippen molar-refractivity contribution in [3.8, 4) is 0 Å². The van der Waals surface area contributed by atoms with E-state index in [4.69, 9.17) is 11.6 Å². The van der Waals surface area contributed by atoms with E-state index in [2.05, 4.69) is 9.80 Å². The molecule has 0 radical (unpaired) electrons. The number of rotatable bonds is 5. The predicted molar refractivity (Wildman–Crippen MR) is 92.1 cm³/mol. The molecule has 3 rings (SSSR count).